The lowest BCUT2D eigenvalue weighted by Gasteiger charge is -2.19. The number of methoxy groups -OCH3 is 1. The van der Waals surface area contributed by atoms with E-state index >= 15 is 0 Å². The number of benzene rings is 1. The molecule has 1 aromatic rings. The van der Waals surface area contributed by atoms with E-state index in [0.29, 0.717) is 5.92 Å². The molecule has 2 rings (SSSR count). The number of ether oxygens (including phenoxy) is 1. The van der Waals surface area contributed by atoms with Gasteiger partial charge in [-0.1, -0.05) is 39.5 Å². The lowest BCUT2D eigenvalue weighted by molar-refractivity contribution is 0.409. The zero-order valence-corrected chi connectivity index (χ0v) is 11.8. The summed E-state index contributed by atoms with van der Waals surface area (Å²) in [4.78, 5) is 0. The highest BCUT2D eigenvalue weighted by Crippen LogP contribution is 2.39. The molecule has 1 heterocycles. The molecule has 0 fully saturated rings. The molecule has 2 atom stereocenters. The number of rotatable bonds is 6. The van der Waals surface area contributed by atoms with Crippen molar-refractivity contribution >= 4 is 5.69 Å². The molecule has 0 aliphatic carbocycles. The van der Waals surface area contributed by atoms with E-state index < -0.39 is 0 Å². The van der Waals surface area contributed by atoms with Gasteiger partial charge in [-0.25, -0.2) is 0 Å². The molecule has 1 aliphatic heterocycles. The smallest absolute Gasteiger partial charge is 0.119 e. The zero-order valence-electron chi connectivity index (χ0n) is 11.8. The molecule has 0 aromatic heterocycles. The van der Waals surface area contributed by atoms with Crippen molar-refractivity contribution in [2.45, 2.75) is 45.4 Å². The monoisotopic (exact) mass is 247 g/mol. The van der Waals surface area contributed by atoms with Crippen LogP contribution in [0.15, 0.2) is 18.2 Å². The molecule has 2 heteroatoms. The fraction of sp³-hybridized carbons (Fsp3) is 0.625. The molecule has 1 N–H and O–H groups in total. The predicted octanol–water partition coefficient (Wildman–Crippen LogP) is 4.42. The molecule has 100 valence electrons. The van der Waals surface area contributed by atoms with Crippen LogP contribution in [0.5, 0.6) is 5.75 Å². The Bertz CT molecular complexity index is 389. The molecule has 0 amide bonds. The number of nitrogens with one attached hydrogen (secondary N) is 1. The van der Waals surface area contributed by atoms with E-state index in [1.165, 1.54) is 36.9 Å². The molecule has 0 spiro atoms. The molecule has 2 nitrogen and oxygen atoms in total. The largest absolute Gasteiger partial charge is 0.497 e. The Morgan fingerprint density at radius 3 is 2.94 bits per heavy atom. The molecule has 0 saturated heterocycles. The molecule has 0 radical (unpaired) electrons. The van der Waals surface area contributed by atoms with Crippen LogP contribution in [0.25, 0.3) is 0 Å². The van der Waals surface area contributed by atoms with Crippen molar-refractivity contribution in [3.63, 3.8) is 0 Å². The summed E-state index contributed by atoms with van der Waals surface area (Å²) in [5.41, 5.74) is 2.74. The summed E-state index contributed by atoms with van der Waals surface area (Å²) < 4.78 is 5.34. The van der Waals surface area contributed by atoms with Gasteiger partial charge in [0.15, 0.2) is 0 Å². The fourth-order valence-electron chi connectivity index (χ4n) is 2.89. The van der Waals surface area contributed by atoms with E-state index in [-0.39, 0.29) is 0 Å². The van der Waals surface area contributed by atoms with E-state index in [1.807, 2.05) is 6.07 Å². The second kappa shape index (κ2) is 6.12. The molecule has 1 aliphatic rings. The number of hydrogen-bond acceptors (Lipinski definition) is 2. The van der Waals surface area contributed by atoms with Crippen molar-refractivity contribution in [1.82, 2.24) is 0 Å². The summed E-state index contributed by atoms with van der Waals surface area (Å²) >= 11 is 0. The van der Waals surface area contributed by atoms with E-state index in [0.717, 1.165) is 18.2 Å². The van der Waals surface area contributed by atoms with Gasteiger partial charge >= 0.3 is 0 Å². The quantitative estimate of drug-likeness (QED) is 0.751. The van der Waals surface area contributed by atoms with E-state index in [1.54, 1.807) is 7.11 Å². The van der Waals surface area contributed by atoms with Crippen molar-refractivity contribution in [2.75, 3.05) is 19.0 Å². The Morgan fingerprint density at radius 1 is 1.39 bits per heavy atom. The first-order valence-corrected chi connectivity index (χ1v) is 7.18. The summed E-state index contributed by atoms with van der Waals surface area (Å²) in [7, 11) is 1.74. The Hall–Kier alpha value is -1.18. The molecule has 0 saturated carbocycles. The number of anilines is 1. The predicted molar refractivity (Wildman–Crippen MR) is 77.5 cm³/mol. The fourth-order valence-corrected chi connectivity index (χ4v) is 2.89. The molecule has 1 aromatic carbocycles. The number of unbranched alkanes of at least 4 members (excludes halogenated alkanes) is 2. The van der Waals surface area contributed by atoms with Gasteiger partial charge in [0, 0.05) is 18.2 Å². The van der Waals surface area contributed by atoms with Crippen LogP contribution in [0.2, 0.25) is 0 Å². The summed E-state index contributed by atoms with van der Waals surface area (Å²) in [6, 6.07) is 6.39. The van der Waals surface area contributed by atoms with Crippen molar-refractivity contribution in [3.8, 4) is 5.75 Å². The average molecular weight is 247 g/mol. The minimum atomic E-state index is 0.645. The first-order valence-electron chi connectivity index (χ1n) is 7.18. The minimum Gasteiger partial charge on any atom is -0.497 e. The van der Waals surface area contributed by atoms with Crippen LogP contribution in [0.1, 0.15) is 51.0 Å². The number of fused-ring (bicyclic) bond motifs is 1. The van der Waals surface area contributed by atoms with E-state index in [4.69, 9.17) is 4.74 Å². The summed E-state index contributed by atoms with van der Waals surface area (Å²) in [5, 5.41) is 3.52. The van der Waals surface area contributed by atoms with E-state index in [2.05, 4.69) is 31.3 Å². The lowest BCUT2D eigenvalue weighted by atomic mass is 9.85. The van der Waals surface area contributed by atoms with Crippen LogP contribution in [0.3, 0.4) is 0 Å². The van der Waals surface area contributed by atoms with Gasteiger partial charge in [-0.3, -0.25) is 0 Å². The third-order valence-electron chi connectivity index (χ3n) is 4.12. The second-order valence-corrected chi connectivity index (χ2v) is 5.41. The van der Waals surface area contributed by atoms with Gasteiger partial charge in [-0.15, -0.1) is 0 Å². The number of hydrogen-bond donors (Lipinski definition) is 1. The van der Waals surface area contributed by atoms with Crippen LogP contribution in [0.4, 0.5) is 5.69 Å². The normalized spacial score (nSPS) is 19.2. The average Bonchev–Trinajstić information content (AvgIpc) is 2.81. The van der Waals surface area contributed by atoms with Gasteiger partial charge in [-0.2, -0.15) is 0 Å². The van der Waals surface area contributed by atoms with Gasteiger partial charge < -0.3 is 10.1 Å². The SMILES string of the molecule is CCCCCC(C)C1CNc2ccc(OC)cc21. The van der Waals surface area contributed by atoms with Gasteiger partial charge in [0.05, 0.1) is 7.11 Å². The molecular formula is C16H25NO. The Balaban J connectivity index is 2.05. The Morgan fingerprint density at radius 2 is 2.22 bits per heavy atom. The van der Waals surface area contributed by atoms with Crippen LogP contribution in [0, 0.1) is 5.92 Å². The first-order chi connectivity index (χ1) is 8.76. The van der Waals surface area contributed by atoms with Crippen LogP contribution in [-0.2, 0) is 0 Å². The van der Waals surface area contributed by atoms with Gasteiger partial charge in [0.1, 0.15) is 5.75 Å². The van der Waals surface area contributed by atoms with Crippen molar-refractivity contribution in [3.05, 3.63) is 23.8 Å². The standard InChI is InChI=1S/C16H25NO/c1-4-5-6-7-12(2)15-11-17-16-9-8-13(18-3)10-14(15)16/h8-10,12,15,17H,4-7,11H2,1-3H3. The van der Waals surface area contributed by atoms with Gasteiger partial charge in [-0.05, 0) is 29.7 Å². The minimum absolute atomic E-state index is 0.645. The highest BCUT2D eigenvalue weighted by atomic mass is 16.5. The summed E-state index contributed by atoms with van der Waals surface area (Å²) in [6.45, 7) is 5.73. The topological polar surface area (TPSA) is 21.3 Å². The van der Waals surface area contributed by atoms with Crippen molar-refractivity contribution in [2.24, 2.45) is 5.92 Å². The highest BCUT2D eigenvalue weighted by Gasteiger charge is 2.27. The third kappa shape index (κ3) is 2.80. The maximum absolute atomic E-state index is 5.34. The Kier molecular flexibility index (Phi) is 4.51. The highest BCUT2D eigenvalue weighted by molar-refractivity contribution is 5.60. The second-order valence-electron chi connectivity index (χ2n) is 5.41. The maximum Gasteiger partial charge on any atom is 0.119 e. The third-order valence-corrected chi connectivity index (χ3v) is 4.12. The summed E-state index contributed by atoms with van der Waals surface area (Å²) in [6.07, 6.45) is 5.35. The van der Waals surface area contributed by atoms with Gasteiger partial charge in [0.25, 0.3) is 0 Å². The van der Waals surface area contributed by atoms with Gasteiger partial charge in [0.2, 0.25) is 0 Å². The van der Waals surface area contributed by atoms with Crippen LogP contribution in [-0.4, -0.2) is 13.7 Å². The molecule has 0 bridgehead atoms. The summed E-state index contributed by atoms with van der Waals surface area (Å²) in [5.74, 6) is 2.37. The molecule has 18 heavy (non-hydrogen) atoms. The molecule has 2 unspecified atom stereocenters. The van der Waals surface area contributed by atoms with Crippen molar-refractivity contribution in [1.29, 1.82) is 0 Å². The molecular weight excluding hydrogens is 222 g/mol. The van der Waals surface area contributed by atoms with Crippen LogP contribution >= 0.6 is 0 Å². The zero-order chi connectivity index (χ0) is 13.0. The maximum atomic E-state index is 5.34. The Labute approximate surface area is 111 Å². The van der Waals surface area contributed by atoms with Crippen LogP contribution < -0.4 is 10.1 Å². The van der Waals surface area contributed by atoms with E-state index in [9.17, 15) is 0 Å². The first kappa shape index (κ1) is 13.3. The van der Waals surface area contributed by atoms with Crippen molar-refractivity contribution < 1.29 is 4.74 Å². The lowest BCUT2D eigenvalue weighted by Crippen LogP contribution is -2.12.